The van der Waals surface area contributed by atoms with E-state index in [1.54, 1.807) is 0 Å². The average molecular weight is 260 g/mol. The molecule has 19 heavy (non-hydrogen) atoms. The van der Waals surface area contributed by atoms with Crippen LogP contribution in [0.1, 0.15) is 39.2 Å². The maximum atomic E-state index is 3.69. The van der Waals surface area contributed by atoms with E-state index in [0.717, 1.165) is 13.0 Å². The fourth-order valence-corrected chi connectivity index (χ4v) is 3.00. The molecule has 1 aliphatic heterocycles. The van der Waals surface area contributed by atoms with Crippen LogP contribution in [-0.4, -0.2) is 25.7 Å². The molecule has 2 heteroatoms. The van der Waals surface area contributed by atoms with E-state index in [0.29, 0.717) is 12.0 Å². The molecule has 2 unspecified atom stereocenters. The third-order valence-corrected chi connectivity index (χ3v) is 4.24. The van der Waals surface area contributed by atoms with E-state index in [2.05, 4.69) is 55.3 Å². The molecule has 0 aliphatic carbocycles. The summed E-state index contributed by atoms with van der Waals surface area (Å²) in [5, 5.41) is 3.69. The minimum atomic E-state index is 0.680. The molecule has 1 aliphatic rings. The van der Waals surface area contributed by atoms with Crippen LogP contribution in [0.4, 0.5) is 5.69 Å². The molecule has 0 amide bonds. The Kier molecular flexibility index (Phi) is 5.26. The molecule has 1 aromatic rings. The second kappa shape index (κ2) is 6.95. The van der Waals surface area contributed by atoms with Crippen LogP contribution in [0.3, 0.4) is 0 Å². The summed E-state index contributed by atoms with van der Waals surface area (Å²) in [7, 11) is 0. The van der Waals surface area contributed by atoms with Gasteiger partial charge in [-0.15, -0.1) is 0 Å². The molecule has 2 nitrogen and oxygen atoms in total. The highest BCUT2D eigenvalue weighted by molar-refractivity contribution is 5.53. The second-order valence-corrected chi connectivity index (χ2v) is 5.84. The van der Waals surface area contributed by atoms with Crippen molar-refractivity contribution in [2.24, 2.45) is 5.92 Å². The Morgan fingerprint density at radius 3 is 2.79 bits per heavy atom. The van der Waals surface area contributed by atoms with Gasteiger partial charge < -0.3 is 10.2 Å². The van der Waals surface area contributed by atoms with Gasteiger partial charge in [-0.1, -0.05) is 39.0 Å². The van der Waals surface area contributed by atoms with Crippen LogP contribution < -0.4 is 10.2 Å². The molecule has 2 rings (SSSR count). The predicted octanol–water partition coefficient (Wildman–Crippen LogP) is 3.46. The maximum absolute atomic E-state index is 3.69. The first-order valence-corrected chi connectivity index (χ1v) is 7.80. The summed E-state index contributed by atoms with van der Waals surface area (Å²) in [5.74, 6) is 0.708. The van der Waals surface area contributed by atoms with Gasteiger partial charge in [0.1, 0.15) is 0 Å². The summed E-state index contributed by atoms with van der Waals surface area (Å²) < 4.78 is 0. The number of benzene rings is 1. The maximum Gasteiger partial charge on any atom is 0.0398 e. The standard InChI is InChI=1S/C17H28N2/c1-4-15-8-6-7-9-17(15)19-11-10-16(5-2)18-12-14(3)13-19/h6-9,14,16,18H,4-5,10-13H2,1-3H3. The van der Waals surface area contributed by atoms with Crippen molar-refractivity contribution in [1.82, 2.24) is 5.32 Å². The van der Waals surface area contributed by atoms with Crippen LogP contribution in [0.25, 0.3) is 0 Å². The van der Waals surface area contributed by atoms with Crippen molar-refractivity contribution in [3.63, 3.8) is 0 Å². The molecule has 0 radical (unpaired) electrons. The summed E-state index contributed by atoms with van der Waals surface area (Å²) in [6.45, 7) is 10.4. The molecule has 0 spiro atoms. The first kappa shape index (κ1) is 14.4. The van der Waals surface area contributed by atoms with Crippen LogP contribution in [0.15, 0.2) is 24.3 Å². The van der Waals surface area contributed by atoms with E-state index in [1.165, 1.54) is 37.2 Å². The number of para-hydroxylation sites is 1. The van der Waals surface area contributed by atoms with Crippen LogP contribution >= 0.6 is 0 Å². The van der Waals surface area contributed by atoms with Gasteiger partial charge in [-0.25, -0.2) is 0 Å². The van der Waals surface area contributed by atoms with Crippen molar-refractivity contribution in [3.8, 4) is 0 Å². The minimum Gasteiger partial charge on any atom is -0.371 e. The zero-order valence-corrected chi connectivity index (χ0v) is 12.7. The van der Waals surface area contributed by atoms with Crippen molar-refractivity contribution in [1.29, 1.82) is 0 Å². The van der Waals surface area contributed by atoms with Gasteiger partial charge in [0.15, 0.2) is 0 Å². The number of aryl methyl sites for hydroxylation is 1. The summed E-state index contributed by atoms with van der Waals surface area (Å²) >= 11 is 0. The molecule has 1 fully saturated rings. The summed E-state index contributed by atoms with van der Waals surface area (Å²) in [5.41, 5.74) is 2.94. The zero-order chi connectivity index (χ0) is 13.7. The number of rotatable bonds is 3. The molecule has 1 saturated heterocycles. The first-order chi connectivity index (χ1) is 9.24. The quantitative estimate of drug-likeness (QED) is 0.895. The van der Waals surface area contributed by atoms with E-state index in [4.69, 9.17) is 0 Å². The van der Waals surface area contributed by atoms with E-state index in [1.807, 2.05) is 0 Å². The Hall–Kier alpha value is -1.02. The van der Waals surface area contributed by atoms with Gasteiger partial charge in [0.25, 0.3) is 0 Å². The van der Waals surface area contributed by atoms with Gasteiger partial charge in [-0.3, -0.25) is 0 Å². The Morgan fingerprint density at radius 2 is 2.05 bits per heavy atom. The van der Waals surface area contributed by atoms with E-state index >= 15 is 0 Å². The smallest absolute Gasteiger partial charge is 0.0398 e. The van der Waals surface area contributed by atoms with Crippen molar-refractivity contribution in [2.45, 2.75) is 46.1 Å². The first-order valence-electron chi connectivity index (χ1n) is 7.80. The van der Waals surface area contributed by atoms with Crippen LogP contribution in [0, 0.1) is 5.92 Å². The summed E-state index contributed by atoms with van der Waals surface area (Å²) in [6.07, 6.45) is 3.60. The highest BCUT2D eigenvalue weighted by atomic mass is 15.1. The molecular formula is C17H28N2. The van der Waals surface area contributed by atoms with Crippen LogP contribution in [0.5, 0.6) is 0 Å². The average Bonchev–Trinajstić information content (AvgIpc) is 2.43. The lowest BCUT2D eigenvalue weighted by atomic mass is 10.0. The van der Waals surface area contributed by atoms with Crippen molar-refractivity contribution in [3.05, 3.63) is 29.8 Å². The van der Waals surface area contributed by atoms with Gasteiger partial charge in [0.2, 0.25) is 0 Å². The lowest BCUT2D eigenvalue weighted by molar-refractivity contribution is 0.387. The molecule has 2 atom stereocenters. The van der Waals surface area contributed by atoms with Crippen LogP contribution in [-0.2, 0) is 6.42 Å². The van der Waals surface area contributed by atoms with Crippen molar-refractivity contribution in [2.75, 3.05) is 24.5 Å². The van der Waals surface area contributed by atoms with Crippen LogP contribution in [0.2, 0.25) is 0 Å². The number of hydrogen-bond donors (Lipinski definition) is 1. The molecule has 1 heterocycles. The molecule has 106 valence electrons. The fourth-order valence-electron chi connectivity index (χ4n) is 3.00. The SMILES string of the molecule is CCc1ccccc1N1CCC(CC)NCC(C)C1. The topological polar surface area (TPSA) is 15.3 Å². The molecular weight excluding hydrogens is 232 g/mol. The third-order valence-electron chi connectivity index (χ3n) is 4.24. The Balaban J connectivity index is 2.16. The number of anilines is 1. The summed E-state index contributed by atoms with van der Waals surface area (Å²) in [6, 6.07) is 9.58. The number of hydrogen-bond acceptors (Lipinski definition) is 2. The highest BCUT2D eigenvalue weighted by Crippen LogP contribution is 2.23. The lowest BCUT2D eigenvalue weighted by Gasteiger charge is -2.34. The largest absolute Gasteiger partial charge is 0.371 e. The van der Waals surface area contributed by atoms with Gasteiger partial charge >= 0.3 is 0 Å². The predicted molar refractivity (Wildman–Crippen MR) is 83.9 cm³/mol. The van der Waals surface area contributed by atoms with Gasteiger partial charge in [-0.05, 0) is 43.4 Å². The highest BCUT2D eigenvalue weighted by Gasteiger charge is 2.19. The molecule has 0 bridgehead atoms. The van der Waals surface area contributed by atoms with Crippen molar-refractivity contribution < 1.29 is 0 Å². The minimum absolute atomic E-state index is 0.680. The lowest BCUT2D eigenvalue weighted by Crippen LogP contribution is -2.43. The van der Waals surface area contributed by atoms with Gasteiger partial charge in [0.05, 0.1) is 0 Å². The summed E-state index contributed by atoms with van der Waals surface area (Å²) in [4.78, 5) is 2.60. The fraction of sp³-hybridized carbons (Fsp3) is 0.647. The Morgan fingerprint density at radius 1 is 1.26 bits per heavy atom. The van der Waals surface area contributed by atoms with E-state index in [-0.39, 0.29) is 0 Å². The monoisotopic (exact) mass is 260 g/mol. The molecule has 1 aromatic carbocycles. The van der Waals surface area contributed by atoms with Crippen molar-refractivity contribution >= 4 is 5.69 Å². The Labute approximate surface area is 118 Å². The molecule has 0 aromatic heterocycles. The third kappa shape index (κ3) is 3.73. The number of nitrogens with one attached hydrogen (secondary N) is 1. The zero-order valence-electron chi connectivity index (χ0n) is 12.7. The molecule has 1 N–H and O–H groups in total. The number of nitrogens with zero attached hydrogens (tertiary/aromatic N) is 1. The Bertz CT molecular complexity index is 389. The van der Waals surface area contributed by atoms with E-state index in [9.17, 15) is 0 Å². The second-order valence-electron chi connectivity index (χ2n) is 5.84. The van der Waals surface area contributed by atoms with Gasteiger partial charge in [0, 0.05) is 24.8 Å². The van der Waals surface area contributed by atoms with E-state index < -0.39 is 0 Å². The normalized spacial score (nSPS) is 24.9. The molecule has 0 saturated carbocycles. The van der Waals surface area contributed by atoms with Gasteiger partial charge in [-0.2, -0.15) is 0 Å².